The first kappa shape index (κ1) is 15.3. The summed E-state index contributed by atoms with van der Waals surface area (Å²) in [6.07, 6.45) is 10.3. The number of amides is 1. The number of anilines is 1. The summed E-state index contributed by atoms with van der Waals surface area (Å²) in [4.78, 5) is 33.4. The predicted molar refractivity (Wildman–Crippen MR) is 91.5 cm³/mol. The van der Waals surface area contributed by atoms with Gasteiger partial charge in [0.15, 0.2) is 0 Å². The van der Waals surface area contributed by atoms with E-state index in [1.807, 2.05) is 21.7 Å². The number of carbonyl (C=O) groups is 1. The minimum absolute atomic E-state index is 0.0596. The molecule has 1 aliphatic heterocycles. The highest BCUT2D eigenvalue weighted by molar-refractivity contribution is 5.93. The second kappa shape index (κ2) is 6.68. The Bertz CT molecular complexity index is 842. The maximum Gasteiger partial charge on any atom is 0.272 e. The fourth-order valence-corrected chi connectivity index (χ4v) is 2.83. The molecule has 0 unspecified atom stereocenters. The molecule has 8 nitrogen and oxygen atoms in total. The second-order valence-corrected chi connectivity index (χ2v) is 5.70. The fourth-order valence-electron chi connectivity index (χ4n) is 2.83. The molecule has 126 valence electrons. The summed E-state index contributed by atoms with van der Waals surface area (Å²) in [7, 11) is 0. The molecule has 1 aliphatic rings. The van der Waals surface area contributed by atoms with Crippen LogP contribution in [0.1, 0.15) is 10.5 Å². The van der Waals surface area contributed by atoms with Gasteiger partial charge in [-0.25, -0.2) is 15.0 Å². The molecule has 0 spiro atoms. The van der Waals surface area contributed by atoms with E-state index in [1.165, 1.54) is 0 Å². The third-order valence-corrected chi connectivity index (χ3v) is 4.17. The Kier molecular flexibility index (Phi) is 4.07. The highest BCUT2D eigenvalue weighted by Crippen LogP contribution is 2.14. The van der Waals surface area contributed by atoms with E-state index in [9.17, 15) is 4.79 Å². The third-order valence-electron chi connectivity index (χ3n) is 4.17. The van der Waals surface area contributed by atoms with Crippen molar-refractivity contribution in [1.82, 2.24) is 29.4 Å². The molecule has 0 atom stereocenters. The summed E-state index contributed by atoms with van der Waals surface area (Å²) in [6, 6.07) is 5.43. The van der Waals surface area contributed by atoms with Crippen LogP contribution in [0.2, 0.25) is 0 Å². The number of hydrogen-bond acceptors (Lipinski definition) is 6. The van der Waals surface area contributed by atoms with Gasteiger partial charge in [-0.05, 0) is 18.2 Å². The van der Waals surface area contributed by atoms with Gasteiger partial charge in [-0.3, -0.25) is 9.78 Å². The Morgan fingerprint density at radius 3 is 2.48 bits per heavy atom. The standard InChI is InChI=1S/C17H17N7O/c25-16(15-12-14(2-5-19-15)24-7-6-18-13-24)22-8-10-23(11-9-22)17-20-3-1-4-21-17/h1-7,12-13H,8-11H2. The molecular weight excluding hydrogens is 318 g/mol. The van der Waals surface area contributed by atoms with E-state index in [-0.39, 0.29) is 5.91 Å². The first-order chi connectivity index (χ1) is 12.3. The van der Waals surface area contributed by atoms with Crippen molar-refractivity contribution in [3.63, 3.8) is 0 Å². The van der Waals surface area contributed by atoms with Crippen LogP contribution in [0, 0.1) is 0 Å². The Morgan fingerprint density at radius 2 is 1.76 bits per heavy atom. The first-order valence-corrected chi connectivity index (χ1v) is 8.07. The number of carbonyl (C=O) groups excluding carboxylic acids is 1. The van der Waals surface area contributed by atoms with Crippen molar-refractivity contribution in [1.29, 1.82) is 0 Å². The summed E-state index contributed by atoms with van der Waals surface area (Å²) in [5.74, 6) is 0.644. The van der Waals surface area contributed by atoms with Crippen LogP contribution in [0.15, 0.2) is 55.5 Å². The van der Waals surface area contributed by atoms with Gasteiger partial charge in [-0.1, -0.05) is 0 Å². The van der Waals surface area contributed by atoms with Gasteiger partial charge in [-0.15, -0.1) is 0 Å². The van der Waals surface area contributed by atoms with Crippen LogP contribution >= 0.6 is 0 Å². The van der Waals surface area contributed by atoms with Gasteiger partial charge in [0.1, 0.15) is 5.69 Å². The summed E-state index contributed by atoms with van der Waals surface area (Å²) < 4.78 is 1.85. The average molecular weight is 335 g/mol. The van der Waals surface area contributed by atoms with Gasteiger partial charge in [0.25, 0.3) is 5.91 Å². The number of aromatic nitrogens is 5. The lowest BCUT2D eigenvalue weighted by Crippen LogP contribution is -2.49. The summed E-state index contributed by atoms with van der Waals surface area (Å²) in [5.41, 5.74) is 1.31. The molecule has 0 N–H and O–H groups in total. The summed E-state index contributed by atoms with van der Waals surface area (Å²) in [5, 5.41) is 0. The quantitative estimate of drug-likeness (QED) is 0.711. The molecule has 1 fully saturated rings. The molecule has 8 heteroatoms. The average Bonchev–Trinajstić information content (AvgIpc) is 3.23. The van der Waals surface area contributed by atoms with Crippen LogP contribution in [0.3, 0.4) is 0 Å². The van der Waals surface area contributed by atoms with Crippen molar-refractivity contribution in [3.8, 4) is 5.69 Å². The Morgan fingerprint density at radius 1 is 0.960 bits per heavy atom. The van der Waals surface area contributed by atoms with Crippen LogP contribution in [0.25, 0.3) is 5.69 Å². The number of hydrogen-bond donors (Lipinski definition) is 0. The molecular formula is C17H17N7O. The Balaban J connectivity index is 1.45. The van der Waals surface area contributed by atoms with Crippen LogP contribution < -0.4 is 4.90 Å². The smallest absolute Gasteiger partial charge is 0.272 e. The van der Waals surface area contributed by atoms with E-state index in [0.717, 1.165) is 5.69 Å². The third kappa shape index (κ3) is 3.18. The van der Waals surface area contributed by atoms with Gasteiger partial charge in [0.2, 0.25) is 5.95 Å². The largest absolute Gasteiger partial charge is 0.337 e. The van der Waals surface area contributed by atoms with E-state index in [1.54, 1.807) is 43.2 Å². The zero-order valence-corrected chi connectivity index (χ0v) is 13.6. The molecule has 0 aliphatic carbocycles. The number of piperazine rings is 1. The van der Waals surface area contributed by atoms with Crippen molar-refractivity contribution >= 4 is 11.9 Å². The van der Waals surface area contributed by atoms with Gasteiger partial charge in [0.05, 0.1) is 12.0 Å². The normalized spacial score (nSPS) is 14.6. The molecule has 1 amide bonds. The van der Waals surface area contributed by atoms with Gasteiger partial charge in [0, 0.05) is 57.2 Å². The molecule has 0 aromatic carbocycles. The predicted octanol–water partition coefficient (Wildman–Crippen LogP) is 1.02. The van der Waals surface area contributed by atoms with Crippen molar-refractivity contribution in [2.75, 3.05) is 31.1 Å². The maximum absolute atomic E-state index is 12.8. The zero-order chi connectivity index (χ0) is 17.1. The Labute approximate surface area is 144 Å². The topological polar surface area (TPSA) is 80.0 Å². The van der Waals surface area contributed by atoms with E-state index in [0.29, 0.717) is 37.8 Å². The first-order valence-electron chi connectivity index (χ1n) is 8.07. The molecule has 1 saturated heterocycles. The summed E-state index contributed by atoms with van der Waals surface area (Å²) in [6.45, 7) is 2.65. The number of pyridine rings is 1. The molecule has 0 bridgehead atoms. The monoisotopic (exact) mass is 335 g/mol. The summed E-state index contributed by atoms with van der Waals surface area (Å²) >= 11 is 0. The van der Waals surface area contributed by atoms with Crippen LogP contribution in [0.4, 0.5) is 5.95 Å². The zero-order valence-electron chi connectivity index (χ0n) is 13.6. The van der Waals surface area contributed by atoms with Gasteiger partial charge >= 0.3 is 0 Å². The minimum atomic E-state index is -0.0596. The van der Waals surface area contributed by atoms with E-state index in [2.05, 4.69) is 24.8 Å². The lowest BCUT2D eigenvalue weighted by Gasteiger charge is -2.34. The van der Waals surface area contributed by atoms with Gasteiger partial charge < -0.3 is 14.4 Å². The molecule has 4 heterocycles. The van der Waals surface area contributed by atoms with Crippen LogP contribution in [0.5, 0.6) is 0 Å². The number of nitrogens with zero attached hydrogens (tertiary/aromatic N) is 7. The highest BCUT2D eigenvalue weighted by atomic mass is 16.2. The minimum Gasteiger partial charge on any atom is -0.337 e. The highest BCUT2D eigenvalue weighted by Gasteiger charge is 2.24. The maximum atomic E-state index is 12.8. The van der Waals surface area contributed by atoms with E-state index < -0.39 is 0 Å². The molecule has 0 radical (unpaired) electrons. The number of imidazole rings is 1. The van der Waals surface area contributed by atoms with Crippen LogP contribution in [-0.4, -0.2) is 61.5 Å². The van der Waals surface area contributed by atoms with Gasteiger partial charge in [-0.2, -0.15) is 0 Å². The molecule has 4 rings (SSSR count). The molecule has 3 aromatic rings. The second-order valence-electron chi connectivity index (χ2n) is 5.70. The van der Waals surface area contributed by atoms with Crippen molar-refractivity contribution in [2.24, 2.45) is 0 Å². The molecule has 3 aromatic heterocycles. The van der Waals surface area contributed by atoms with Crippen LogP contribution in [-0.2, 0) is 0 Å². The molecule has 25 heavy (non-hydrogen) atoms. The number of rotatable bonds is 3. The van der Waals surface area contributed by atoms with E-state index in [4.69, 9.17) is 0 Å². The lowest BCUT2D eigenvalue weighted by molar-refractivity contribution is 0.0740. The van der Waals surface area contributed by atoms with Crippen molar-refractivity contribution in [3.05, 3.63) is 61.2 Å². The molecule has 0 saturated carbocycles. The fraction of sp³-hybridized carbons (Fsp3) is 0.235. The van der Waals surface area contributed by atoms with Crippen molar-refractivity contribution < 1.29 is 4.79 Å². The Hall–Kier alpha value is -3.29. The SMILES string of the molecule is O=C(c1cc(-n2ccnc2)ccn1)N1CCN(c2ncccn2)CC1. The van der Waals surface area contributed by atoms with E-state index >= 15 is 0 Å². The lowest BCUT2D eigenvalue weighted by atomic mass is 10.2. The van der Waals surface area contributed by atoms with Crippen molar-refractivity contribution in [2.45, 2.75) is 0 Å².